The molecule has 0 bridgehead atoms. The van der Waals surface area contributed by atoms with Crippen molar-refractivity contribution in [3.8, 4) is 23.0 Å². The molecule has 0 atom stereocenters. The molecule has 0 aliphatic rings. The van der Waals surface area contributed by atoms with Gasteiger partial charge in [0.2, 0.25) is 11.8 Å². The van der Waals surface area contributed by atoms with Gasteiger partial charge in [-0.25, -0.2) is 0 Å². The number of hydrogen-bond acceptors (Lipinski definition) is 6. The van der Waals surface area contributed by atoms with E-state index in [1.807, 2.05) is 0 Å². The van der Waals surface area contributed by atoms with Crippen molar-refractivity contribution in [2.24, 2.45) is 0 Å². The van der Waals surface area contributed by atoms with Gasteiger partial charge < -0.3 is 13.9 Å². The van der Waals surface area contributed by atoms with Crippen molar-refractivity contribution in [1.82, 2.24) is 10.2 Å². The van der Waals surface area contributed by atoms with E-state index in [4.69, 9.17) is 13.9 Å². The molecule has 0 saturated heterocycles. The number of aryl methyl sites for hydroxylation is 1. The minimum Gasteiger partial charge on any atom is -0.497 e. The number of nitrogens with zero attached hydrogens (tertiary/aromatic N) is 2. The first-order chi connectivity index (χ1) is 11.7. The fraction of sp³-hybridized carbons (Fsp3) is 0.167. The van der Waals surface area contributed by atoms with Gasteiger partial charge >= 0.3 is 0 Å². The lowest BCUT2D eigenvalue weighted by Gasteiger charge is -2.06. The third-order valence-electron chi connectivity index (χ3n) is 3.41. The van der Waals surface area contributed by atoms with E-state index in [0.29, 0.717) is 28.8 Å². The average Bonchev–Trinajstić information content (AvgIpc) is 3.06. The van der Waals surface area contributed by atoms with E-state index in [2.05, 4.69) is 10.2 Å². The highest BCUT2D eigenvalue weighted by Crippen LogP contribution is 2.21. The van der Waals surface area contributed by atoms with Crippen LogP contribution in [0.3, 0.4) is 0 Å². The fourth-order valence-electron chi connectivity index (χ4n) is 2.12. The summed E-state index contributed by atoms with van der Waals surface area (Å²) in [5.74, 6) is 2.16. The molecule has 3 rings (SSSR count). The lowest BCUT2D eigenvalue weighted by atomic mass is 10.1. The molecule has 0 amide bonds. The Morgan fingerprint density at radius 1 is 1.00 bits per heavy atom. The Balaban J connectivity index is 1.60. The summed E-state index contributed by atoms with van der Waals surface area (Å²) < 4.78 is 16.0. The van der Waals surface area contributed by atoms with Crippen LogP contribution in [0.1, 0.15) is 16.2 Å². The molecule has 0 aliphatic heterocycles. The minimum absolute atomic E-state index is 0.0364. The van der Waals surface area contributed by atoms with Crippen molar-refractivity contribution in [1.29, 1.82) is 0 Å². The predicted octanol–water partition coefficient (Wildman–Crippen LogP) is 3.32. The SMILES string of the molecule is COc1ccc(C(=O)COc2ccc(-c3nnc(C)o3)cc2)cc1. The van der Waals surface area contributed by atoms with Gasteiger partial charge in [-0.2, -0.15) is 0 Å². The smallest absolute Gasteiger partial charge is 0.247 e. The van der Waals surface area contributed by atoms with Crippen molar-refractivity contribution in [2.75, 3.05) is 13.7 Å². The molecule has 0 N–H and O–H groups in total. The Bertz CT molecular complexity index is 823. The molecule has 0 saturated carbocycles. The number of hydrogen-bond donors (Lipinski definition) is 0. The Hall–Kier alpha value is -3.15. The third kappa shape index (κ3) is 3.60. The minimum atomic E-state index is -0.103. The standard InChI is InChI=1S/C18H16N2O4/c1-12-19-20-18(24-12)14-5-9-16(10-6-14)23-11-17(21)13-3-7-15(22-2)8-4-13/h3-10H,11H2,1-2H3. The van der Waals surface area contributed by atoms with E-state index in [1.165, 1.54) is 0 Å². The first kappa shape index (κ1) is 15.7. The van der Waals surface area contributed by atoms with Crippen LogP contribution in [0.2, 0.25) is 0 Å². The van der Waals surface area contributed by atoms with Gasteiger partial charge in [-0.1, -0.05) is 0 Å². The number of Topliss-reactive ketones (excluding diaryl/α,β-unsaturated/α-hetero) is 1. The van der Waals surface area contributed by atoms with Crippen LogP contribution in [0.4, 0.5) is 0 Å². The third-order valence-corrected chi connectivity index (χ3v) is 3.41. The quantitative estimate of drug-likeness (QED) is 0.648. The van der Waals surface area contributed by atoms with Crippen molar-refractivity contribution in [2.45, 2.75) is 6.92 Å². The van der Waals surface area contributed by atoms with Crippen LogP contribution in [0.5, 0.6) is 11.5 Å². The number of carbonyl (C=O) groups excluding carboxylic acids is 1. The van der Waals surface area contributed by atoms with Crippen LogP contribution in [-0.2, 0) is 0 Å². The summed E-state index contributed by atoms with van der Waals surface area (Å²) in [6, 6.07) is 14.0. The Morgan fingerprint density at radius 3 is 2.25 bits per heavy atom. The van der Waals surface area contributed by atoms with Crippen LogP contribution in [0.15, 0.2) is 52.9 Å². The summed E-state index contributed by atoms with van der Waals surface area (Å²) in [6.07, 6.45) is 0. The van der Waals surface area contributed by atoms with Gasteiger partial charge in [0.25, 0.3) is 0 Å². The Kier molecular flexibility index (Phi) is 4.56. The molecule has 0 unspecified atom stereocenters. The largest absolute Gasteiger partial charge is 0.497 e. The molecule has 122 valence electrons. The number of benzene rings is 2. The summed E-state index contributed by atoms with van der Waals surface area (Å²) >= 11 is 0. The number of aromatic nitrogens is 2. The maximum Gasteiger partial charge on any atom is 0.247 e. The maximum atomic E-state index is 12.1. The second-order valence-electron chi connectivity index (χ2n) is 5.09. The number of ether oxygens (including phenoxy) is 2. The molecular weight excluding hydrogens is 308 g/mol. The van der Waals surface area contributed by atoms with E-state index < -0.39 is 0 Å². The molecule has 0 aliphatic carbocycles. The predicted molar refractivity (Wildman–Crippen MR) is 87.3 cm³/mol. The van der Waals surface area contributed by atoms with Crippen molar-refractivity contribution in [3.63, 3.8) is 0 Å². The van der Waals surface area contributed by atoms with Gasteiger partial charge in [0.15, 0.2) is 12.4 Å². The zero-order valence-electron chi connectivity index (χ0n) is 13.4. The lowest BCUT2D eigenvalue weighted by molar-refractivity contribution is 0.0921. The van der Waals surface area contributed by atoms with Crippen LogP contribution >= 0.6 is 0 Å². The van der Waals surface area contributed by atoms with E-state index >= 15 is 0 Å². The molecule has 0 radical (unpaired) electrons. The molecule has 6 nitrogen and oxygen atoms in total. The van der Waals surface area contributed by atoms with Crippen molar-refractivity contribution in [3.05, 3.63) is 60.0 Å². The molecule has 1 heterocycles. The summed E-state index contributed by atoms with van der Waals surface area (Å²) in [5, 5.41) is 7.74. The summed E-state index contributed by atoms with van der Waals surface area (Å²) in [7, 11) is 1.58. The number of carbonyl (C=O) groups is 1. The highest BCUT2D eigenvalue weighted by Gasteiger charge is 2.09. The first-order valence-corrected chi connectivity index (χ1v) is 7.36. The molecular formula is C18H16N2O4. The number of rotatable bonds is 6. The lowest BCUT2D eigenvalue weighted by Crippen LogP contribution is -2.11. The molecule has 0 spiro atoms. The topological polar surface area (TPSA) is 74.5 Å². The van der Waals surface area contributed by atoms with E-state index in [0.717, 1.165) is 5.56 Å². The van der Waals surface area contributed by atoms with E-state index in [9.17, 15) is 4.79 Å². The summed E-state index contributed by atoms with van der Waals surface area (Å²) in [5.41, 5.74) is 1.37. The monoisotopic (exact) mass is 324 g/mol. The highest BCUT2D eigenvalue weighted by molar-refractivity contribution is 5.97. The van der Waals surface area contributed by atoms with Crippen LogP contribution < -0.4 is 9.47 Å². The van der Waals surface area contributed by atoms with Gasteiger partial charge in [-0.15, -0.1) is 10.2 Å². The zero-order chi connectivity index (χ0) is 16.9. The average molecular weight is 324 g/mol. The number of methoxy groups -OCH3 is 1. The molecule has 3 aromatic rings. The van der Waals surface area contributed by atoms with E-state index in [-0.39, 0.29) is 12.4 Å². The Morgan fingerprint density at radius 2 is 1.67 bits per heavy atom. The van der Waals surface area contributed by atoms with Gasteiger partial charge in [-0.05, 0) is 48.5 Å². The van der Waals surface area contributed by atoms with Crippen LogP contribution in [-0.4, -0.2) is 29.7 Å². The van der Waals surface area contributed by atoms with Gasteiger partial charge in [-0.3, -0.25) is 4.79 Å². The second kappa shape index (κ2) is 6.95. The highest BCUT2D eigenvalue weighted by atomic mass is 16.5. The van der Waals surface area contributed by atoms with Gasteiger partial charge in [0.1, 0.15) is 11.5 Å². The Labute approximate surface area is 139 Å². The summed E-state index contributed by atoms with van der Waals surface area (Å²) in [6.45, 7) is 1.70. The molecule has 24 heavy (non-hydrogen) atoms. The second-order valence-corrected chi connectivity index (χ2v) is 5.09. The molecule has 2 aromatic carbocycles. The molecule has 6 heteroatoms. The van der Waals surface area contributed by atoms with Crippen molar-refractivity contribution >= 4 is 5.78 Å². The normalized spacial score (nSPS) is 10.4. The van der Waals surface area contributed by atoms with Crippen LogP contribution in [0, 0.1) is 6.92 Å². The van der Waals surface area contributed by atoms with E-state index in [1.54, 1.807) is 62.6 Å². The maximum absolute atomic E-state index is 12.1. The number of ketones is 1. The van der Waals surface area contributed by atoms with Crippen molar-refractivity contribution < 1.29 is 18.7 Å². The zero-order valence-corrected chi connectivity index (χ0v) is 13.4. The fourth-order valence-corrected chi connectivity index (χ4v) is 2.12. The summed E-state index contributed by atoms with van der Waals surface area (Å²) in [4.78, 5) is 12.1. The van der Waals surface area contributed by atoms with Gasteiger partial charge in [0, 0.05) is 18.1 Å². The molecule has 1 aromatic heterocycles. The van der Waals surface area contributed by atoms with Gasteiger partial charge in [0.05, 0.1) is 7.11 Å². The molecule has 0 fully saturated rings. The van der Waals surface area contributed by atoms with Crippen LogP contribution in [0.25, 0.3) is 11.5 Å². The first-order valence-electron chi connectivity index (χ1n) is 7.36.